The van der Waals surface area contributed by atoms with Crippen LogP contribution in [0.3, 0.4) is 0 Å². The van der Waals surface area contributed by atoms with Crippen LogP contribution in [-0.2, 0) is 4.79 Å². The number of para-hydroxylation sites is 1. The molecule has 0 atom stereocenters. The van der Waals surface area contributed by atoms with Crippen LogP contribution in [0.4, 0.5) is 11.4 Å². The van der Waals surface area contributed by atoms with Gasteiger partial charge >= 0.3 is 5.97 Å². The second-order valence-corrected chi connectivity index (χ2v) is 8.81. The van der Waals surface area contributed by atoms with Gasteiger partial charge in [-0.3, -0.25) is 10.2 Å². The van der Waals surface area contributed by atoms with Gasteiger partial charge < -0.3 is 10.2 Å². The number of hydrogen-bond donors (Lipinski definition) is 4. The van der Waals surface area contributed by atoms with Crippen LogP contribution in [0.25, 0.3) is 11.1 Å². The van der Waals surface area contributed by atoms with E-state index in [1.807, 2.05) is 45.9 Å². The van der Waals surface area contributed by atoms with Crippen LogP contribution in [0.5, 0.6) is 5.75 Å². The van der Waals surface area contributed by atoms with Gasteiger partial charge in [-0.2, -0.15) is 5.10 Å². The third-order valence-electron chi connectivity index (χ3n) is 5.88. The Labute approximate surface area is 197 Å². The number of carboxylic acid groups (broad SMARTS) is 1. The van der Waals surface area contributed by atoms with Crippen LogP contribution < -0.4 is 15.9 Å². The Morgan fingerprint density at radius 2 is 1.76 bits per heavy atom. The van der Waals surface area contributed by atoms with Crippen LogP contribution in [0.15, 0.2) is 65.8 Å². The molecule has 1 aliphatic heterocycles. The summed E-state index contributed by atoms with van der Waals surface area (Å²) >= 11 is 0. The minimum atomic E-state index is -1.05. The Morgan fingerprint density at radius 1 is 1.03 bits per heavy atom. The highest BCUT2D eigenvalue weighted by Crippen LogP contribution is 2.36. The Balaban J connectivity index is 1.64. The first-order valence-electron chi connectivity index (χ1n) is 10.8. The molecule has 1 amide bonds. The summed E-state index contributed by atoms with van der Waals surface area (Å²) in [6.45, 7) is 7.70. The Morgan fingerprint density at radius 3 is 2.47 bits per heavy atom. The van der Waals surface area contributed by atoms with Crippen molar-refractivity contribution >= 4 is 29.0 Å². The van der Waals surface area contributed by atoms with Crippen LogP contribution in [0, 0.1) is 13.8 Å². The quantitative estimate of drug-likeness (QED) is 0.331. The highest BCUT2D eigenvalue weighted by molar-refractivity contribution is 6.48. The third kappa shape index (κ3) is 4.23. The van der Waals surface area contributed by atoms with E-state index in [1.165, 1.54) is 17.1 Å². The zero-order valence-electron chi connectivity index (χ0n) is 19.4. The fourth-order valence-electron chi connectivity index (χ4n) is 3.79. The number of carboxylic acids is 1. The average molecular weight is 459 g/mol. The van der Waals surface area contributed by atoms with Gasteiger partial charge in [0.15, 0.2) is 0 Å². The van der Waals surface area contributed by atoms with Crippen LogP contribution in [0.1, 0.15) is 35.3 Å². The van der Waals surface area contributed by atoms with Crippen LogP contribution in [-0.4, -0.2) is 33.3 Å². The Kier molecular flexibility index (Phi) is 5.85. The smallest absolute Gasteiger partial charge is 0.335 e. The zero-order chi connectivity index (χ0) is 24.6. The third-order valence-corrected chi connectivity index (χ3v) is 5.88. The summed E-state index contributed by atoms with van der Waals surface area (Å²) in [5.74, 6) is -1.45. The van der Waals surface area contributed by atoms with Crippen molar-refractivity contribution in [1.82, 2.24) is 5.43 Å². The molecule has 4 N–H and O–H groups in total. The number of hydrazine groups is 1. The number of nitrogens with one attached hydrogen (secondary N) is 2. The van der Waals surface area contributed by atoms with E-state index >= 15 is 0 Å². The average Bonchev–Trinajstić information content (AvgIpc) is 3.03. The zero-order valence-corrected chi connectivity index (χ0v) is 19.4. The lowest BCUT2D eigenvalue weighted by Gasteiger charge is -2.21. The fraction of sp³-hybridized carbons (Fsp3) is 0.192. The second-order valence-electron chi connectivity index (χ2n) is 8.81. The van der Waals surface area contributed by atoms with Gasteiger partial charge in [0.05, 0.1) is 22.5 Å². The minimum absolute atomic E-state index is 0.100. The van der Waals surface area contributed by atoms with Crippen LogP contribution in [0.2, 0.25) is 0 Å². The summed E-state index contributed by atoms with van der Waals surface area (Å²) in [5.41, 5.74) is 9.83. The van der Waals surface area contributed by atoms with Crippen molar-refractivity contribution in [2.45, 2.75) is 33.2 Å². The molecule has 34 heavy (non-hydrogen) atoms. The molecule has 174 valence electrons. The normalized spacial score (nSPS) is 16.2. The number of benzene rings is 3. The summed E-state index contributed by atoms with van der Waals surface area (Å²) in [4.78, 5) is 24.5. The van der Waals surface area contributed by atoms with Crippen molar-refractivity contribution in [3.05, 3.63) is 77.4 Å². The van der Waals surface area contributed by atoms with Gasteiger partial charge in [-0.25, -0.2) is 15.2 Å². The van der Waals surface area contributed by atoms with Crippen molar-refractivity contribution in [2.24, 2.45) is 5.10 Å². The topological polar surface area (TPSA) is 114 Å². The van der Waals surface area contributed by atoms with E-state index in [0.717, 1.165) is 16.8 Å². The molecule has 1 heterocycles. The number of aromatic hydroxyl groups is 1. The number of phenolic OH excluding ortho intramolecular Hbond substituents is 1. The summed E-state index contributed by atoms with van der Waals surface area (Å²) in [5, 5.41) is 25.9. The first-order chi connectivity index (χ1) is 16.1. The number of nitrogens with zero attached hydrogens (tertiary/aromatic N) is 2. The molecule has 0 saturated carbocycles. The molecule has 1 aliphatic rings. The van der Waals surface area contributed by atoms with Gasteiger partial charge in [-0.15, -0.1) is 0 Å². The number of hydrazone groups is 1. The lowest BCUT2D eigenvalue weighted by molar-refractivity contribution is -0.112. The highest BCUT2D eigenvalue weighted by Gasteiger charge is 2.43. The molecule has 0 radical (unpaired) electrons. The van der Waals surface area contributed by atoms with Gasteiger partial charge in [0.1, 0.15) is 11.5 Å². The Bertz CT molecular complexity index is 1330. The number of amides is 1. The van der Waals surface area contributed by atoms with Gasteiger partial charge in [0, 0.05) is 5.56 Å². The van der Waals surface area contributed by atoms with E-state index in [9.17, 15) is 19.8 Å². The molecule has 8 heteroatoms. The summed E-state index contributed by atoms with van der Waals surface area (Å²) in [7, 11) is 0. The molecule has 0 aromatic heterocycles. The molecule has 0 bridgehead atoms. The number of aromatic carboxylic acids is 1. The Hall–Kier alpha value is -4.17. The predicted octanol–water partition coefficient (Wildman–Crippen LogP) is 4.47. The number of carbonyl (C=O) groups excluding carboxylic acids is 1. The van der Waals surface area contributed by atoms with E-state index in [0.29, 0.717) is 16.8 Å². The molecule has 3 aromatic rings. The maximum atomic E-state index is 13.2. The first-order valence-corrected chi connectivity index (χ1v) is 10.8. The monoisotopic (exact) mass is 458 g/mol. The van der Waals surface area contributed by atoms with Crippen molar-refractivity contribution in [2.75, 3.05) is 10.4 Å². The number of phenols is 1. The molecule has 0 spiro atoms. The number of hydrogen-bond acceptors (Lipinski definition) is 6. The second kappa shape index (κ2) is 8.64. The molecule has 0 aliphatic carbocycles. The van der Waals surface area contributed by atoms with Gasteiger partial charge in [0.25, 0.3) is 5.91 Å². The molecule has 1 saturated heterocycles. The van der Waals surface area contributed by atoms with E-state index in [1.54, 1.807) is 30.3 Å². The maximum absolute atomic E-state index is 13.2. The summed E-state index contributed by atoms with van der Waals surface area (Å²) < 4.78 is 0. The number of aryl methyl sites for hydroxylation is 2. The number of carbonyl (C=O) groups is 2. The summed E-state index contributed by atoms with van der Waals surface area (Å²) in [6, 6.07) is 17.1. The molecular formula is C26H26N4O4. The van der Waals surface area contributed by atoms with Crippen LogP contribution >= 0.6 is 0 Å². The molecular weight excluding hydrogens is 432 g/mol. The SMILES string of the molecule is Cc1ccc(N2NC(C)(C)/C(=N/Nc3cccc(-c4cccc(C(=O)O)c4)c3O)C2=O)cc1C. The molecule has 4 rings (SSSR count). The maximum Gasteiger partial charge on any atom is 0.335 e. The van der Waals surface area contributed by atoms with Crippen molar-refractivity contribution in [3.63, 3.8) is 0 Å². The van der Waals surface area contributed by atoms with Gasteiger partial charge in [-0.1, -0.05) is 30.3 Å². The van der Waals surface area contributed by atoms with E-state index < -0.39 is 11.5 Å². The van der Waals surface area contributed by atoms with E-state index in [-0.39, 0.29) is 22.9 Å². The van der Waals surface area contributed by atoms with Crippen molar-refractivity contribution < 1.29 is 19.8 Å². The molecule has 1 fully saturated rings. The molecule has 8 nitrogen and oxygen atoms in total. The summed E-state index contributed by atoms with van der Waals surface area (Å²) in [6.07, 6.45) is 0. The first kappa shape index (κ1) is 23.0. The number of rotatable bonds is 5. The van der Waals surface area contributed by atoms with E-state index in [4.69, 9.17) is 0 Å². The largest absolute Gasteiger partial charge is 0.505 e. The van der Waals surface area contributed by atoms with Crippen molar-refractivity contribution in [1.29, 1.82) is 0 Å². The van der Waals surface area contributed by atoms with Crippen molar-refractivity contribution in [3.8, 4) is 16.9 Å². The fourth-order valence-corrected chi connectivity index (χ4v) is 3.79. The lowest BCUT2D eigenvalue weighted by Crippen LogP contribution is -2.44. The van der Waals surface area contributed by atoms with E-state index in [2.05, 4.69) is 16.0 Å². The standard InChI is InChI=1S/C26H26N4O4/c1-15-11-12-19(13-16(15)2)30-24(32)23(26(3,4)29-30)28-27-21-10-6-9-20(22(21)31)17-7-5-8-18(14-17)25(33)34/h5-14,27,29,31H,1-4H3,(H,33,34)/b28-23+. The minimum Gasteiger partial charge on any atom is -0.505 e. The number of anilines is 2. The van der Waals surface area contributed by atoms with Gasteiger partial charge in [0.2, 0.25) is 0 Å². The lowest BCUT2D eigenvalue weighted by atomic mass is 10.0. The molecule has 3 aromatic carbocycles. The van der Waals surface area contributed by atoms with Gasteiger partial charge in [-0.05, 0) is 74.7 Å². The highest BCUT2D eigenvalue weighted by atomic mass is 16.4. The molecule has 0 unspecified atom stereocenters. The predicted molar refractivity (Wildman–Crippen MR) is 132 cm³/mol.